The molecule has 0 fully saturated rings. The molecule has 0 atom stereocenters. The number of carbonyl (C=O) groups is 1. The van der Waals surface area contributed by atoms with E-state index in [4.69, 9.17) is 0 Å². The Morgan fingerprint density at radius 2 is 1.94 bits per heavy atom. The normalized spacial score (nSPS) is 11.2. The summed E-state index contributed by atoms with van der Waals surface area (Å²) in [6, 6.07) is 7.61. The van der Waals surface area contributed by atoms with E-state index in [0.717, 1.165) is 38.9 Å². The third-order valence-corrected chi connectivity index (χ3v) is 6.86. The number of hydrogen-bond donors (Lipinski definition) is 1. The van der Waals surface area contributed by atoms with Gasteiger partial charge in [-0.3, -0.25) is 24.0 Å². The van der Waals surface area contributed by atoms with E-state index in [0.29, 0.717) is 16.0 Å². The summed E-state index contributed by atoms with van der Waals surface area (Å²) in [5.41, 5.74) is 0.985. The lowest BCUT2D eigenvalue weighted by molar-refractivity contribution is -0.113. The van der Waals surface area contributed by atoms with E-state index < -0.39 is 11.2 Å². The lowest BCUT2D eigenvalue weighted by Gasteiger charge is -2.12. The van der Waals surface area contributed by atoms with Crippen LogP contribution in [0.2, 0.25) is 0 Å². The van der Waals surface area contributed by atoms with Crippen molar-refractivity contribution in [1.29, 1.82) is 0 Å². The molecule has 0 saturated carbocycles. The highest BCUT2D eigenvalue weighted by atomic mass is 32.2. The number of aromatic nitrogens is 6. The summed E-state index contributed by atoms with van der Waals surface area (Å²) in [6.45, 7) is 3.91. The Hall–Kier alpha value is -3.38. The summed E-state index contributed by atoms with van der Waals surface area (Å²) in [7, 11) is 2.96. The molecule has 0 spiro atoms. The van der Waals surface area contributed by atoms with Crippen LogP contribution < -0.4 is 16.6 Å². The van der Waals surface area contributed by atoms with Gasteiger partial charge in [-0.2, -0.15) is 0 Å². The Kier molecular flexibility index (Phi) is 6.38. The van der Waals surface area contributed by atoms with Gasteiger partial charge in [0, 0.05) is 19.7 Å². The highest BCUT2D eigenvalue weighted by molar-refractivity contribution is 8.00. The predicted molar refractivity (Wildman–Crippen MR) is 129 cm³/mol. The van der Waals surface area contributed by atoms with Crippen LogP contribution in [0.1, 0.15) is 17.5 Å². The smallest absolute Gasteiger partial charge is 0.300 e. The van der Waals surface area contributed by atoms with Crippen LogP contribution in [-0.4, -0.2) is 41.0 Å². The molecule has 4 aromatic rings. The van der Waals surface area contributed by atoms with Gasteiger partial charge in [0.05, 0.1) is 5.75 Å². The van der Waals surface area contributed by atoms with Gasteiger partial charge in [-0.25, -0.2) is 14.8 Å². The van der Waals surface area contributed by atoms with Gasteiger partial charge in [0.25, 0.3) is 5.56 Å². The maximum Gasteiger partial charge on any atom is 0.332 e. The highest BCUT2D eigenvalue weighted by Gasteiger charge is 2.19. The number of fused-ring (bicyclic) bond motifs is 1. The van der Waals surface area contributed by atoms with Crippen LogP contribution in [0.25, 0.3) is 22.4 Å². The predicted octanol–water partition coefficient (Wildman–Crippen LogP) is 2.15. The second kappa shape index (κ2) is 9.24. The third-order valence-electron chi connectivity index (χ3n) is 4.90. The van der Waals surface area contributed by atoms with Crippen LogP contribution in [-0.2, 0) is 25.3 Å². The third kappa shape index (κ3) is 4.57. The second-order valence-corrected chi connectivity index (χ2v) is 9.34. The van der Waals surface area contributed by atoms with Gasteiger partial charge in [0.2, 0.25) is 11.0 Å². The molecule has 1 aromatic carbocycles. The number of benzene rings is 1. The van der Waals surface area contributed by atoms with E-state index in [1.165, 1.54) is 23.0 Å². The first kappa shape index (κ1) is 22.8. The van der Waals surface area contributed by atoms with Gasteiger partial charge in [-0.1, -0.05) is 53.8 Å². The minimum atomic E-state index is -0.511. The zero-order valence-corrected chi connectivity index (χ0v) is 20.1. The van der Waals surface area contributed by atoms with Crippen molar-refractivity contribution >= 4 is 45.2 Å². The molecule has 3 aromatic heterocycles. The number of rotatable bonds is 6. The zero-order valence-electron chi connectivity index (χ0n) is 18.4. The number of thioether (sulfide) groups is 1. The van der Waals surface area contributed by atoms with Crippen molar-refractivity contribution in [3.63, 3.8) is 0 Å². The molecule has 3 heterocycles. The minimum Gasteiger partial charge on any atom is -0.300 e. The number of hydrogen-bond acceptors (Lipinski definition) is 9. The maximum absolute atomic E-state index is 12.9. The molecule has 0 bridgehead atoms. The maximum atomic E-state index is 12.9. The Labute approximate surface area is 196 Å². The van der Waals surface area contributed by atoms with Crippen molar-refractivity contribution in [3.8, 4) is 11.4 Å². The second-order valence-electron chi connectivity index (χ2n) is 7.32. The average molecular weight is 484 g/mol. The largest absolute Gasteiger partial charge is 0.332 e. The van der Waals surface area contributed by atoms with Crippen LogP contribution in [0, 0.1) is 6.92 Å². The van der Waals surface area contributed by atoms with Gasteiger partial charge in [-0.15, -0.1) is 10.2 Å². The zero-order chi connectivity index (χ0) is 23.7. The fourth-order valence-electron chi connectivity index (χ4n) is 3.18. The molecule has 12 heteroatoms. The number of carbonyl (C=O) groups excluding carboxylic acids is 1. The lowest BCUT2D eigenvalue weighted by Crippen LogP contribution is -2.37. The van der Waals surface area contributed by atoms with Gasteiger partial charge >= 0.3 is 5.69 Å². The van der Waals surface area contributed by atoms with Crippen LogP contribution in [0.15, 0.2) is 38.9 Å². The van der Waals surface area contributed by atoms with Crippen LogP contribution in [0.4, 0.5) is 5.13 Å². The average Bonchev–Trinajstić information content (AvgIpc) is 3.26. The van der Waals surface area contributed by atoms with Gasteiger partial charge < -0.3 is 0 Å². The Morgan fingerprint density at radius 3 is 2.64 bits per heavy atom. The number of anilines is 1. The highest BCUT2D eigenvalue weighted by Crippen LogP contribution is 2.27. The van der Waals surface area contributed by atoms with Gasteiger partial charge in [0.15, 0.2) is 11.5 Å². The molecule has 10 nitrogen and oxygen atoms in total. The molecular weight excluding hydrogens is 462 g/mol. The molecule has 0 unspecified atom stereocenters. The number of aryl methyl sites for hydroxylation is 3. The minimum absolute atomic E-state index is 0.00754. The fourth-order valence-corrected chi connectivity index (χ4v) is 4.69. The van der Waals surface area contributed by atoms with Crippen LogP contribution in [0.3, 0.4) is 0 Å². The standard InChI is InChI=1S/C21H21N7O3S2/c1-5-14-25-26-20(33-14)22-13(29)10-32-18-15-17(27(3)21(31)28(4)19(15)30)23-16(24-18)12-8-6-7-11(2)9-12/h6-9H,5,10H2,1-4H3,(H,22,26,29). The van der Waals surface area contributed by atoms with E-state index in [1.807, 2.05) is 38.1 Å². The van der Waals surface area contributed by atoms with Crippen LogP contribution in [0.5, 0.6) is 0 Å². The van der Waals surface area contributed by atoms with Crippen molar-refractivity contribution in [3.05, 3.63) is 55.7 Å². The summed E-state index contributed by atoms with van der Waals surface area (Å²) in [5.74, 6) is 0.0604. The first-order chi connectivity index (χ1) is 15.8. The Morgan fingerprint density at radius 1 is 1.15 bits per heavy atom. The topological polar surface area (TPSA) is 125 Å². The Bertz CT molecular complexity index is 1490. The molecule has 4 rings (SSSR count). The van der Waals surface area contributed by atoms with Crippen molar-refractivity contribution in [2.24, 2.45) is 14.1 Å². The summed E-state index contributed by atoms with van der Waals surface area (Å²) in [4.78, 5) is 47.1. The van der Waals surface area contributed by atoms with E-state index in [9.17, 15) is 14.4 Å². The molecule has 0 aliphatic rings. The first-order valence-corrected chi connectivity index (χ1v) is 11.9. The molecule has 0 aliphatic carbocycles. The number of nitrogens with zero attached hydrogens (tertiary/aromatic N) is 6. The summed E-state index contributed by atoms with van der Waals surface area (Å²) in [6.07, 6.45) is 0.735. The van der Waals surface area contributed by atoms with Crippen molar-refractivity contribution in [2.45, 2.75) is 25.3 Å². The van der Waals surface area contributed by atoms with Gasteiger partial charge in [0.1, 0.15) is 15.4 Å². The van der Waals surface area contributed by atoms with E-state index in [2.05, 4.69) is 25.5 Å². The fraction of sp³-hybridized carbons (Fsp3) is 0.286. The number of amides is 1. The molecule has 1 amide bonds. The monoisotopic (exact) mass is 483 g/mol. The molecular formula is C21H21N7O3S2. The van der Waals surface area contributed by atoms with Crippen molar-refractivity contribution in [1.82, 2.24) is 29.3 Å². The molecule has 0 radical (unpaired) electrons. The van der Waals surface area contributed by atoms with Gasteiger partial charge in [-0.05, 0) is 19.4 Å². The Balaban J connectivity index is 1.75. The quantitative estimate of drug-likeness (QED) is 0.327. The summed E-state index contributed by atoms with van der Waals surface area (Å²) >= 11 is 2.42. The van der Waals surface area contributed by atoms with Crippen LogP contribution >= 0.6 is 23.1 Å². The van der Waals surface area contributed by atoms with E-state index >= 15 is 0 Å². The molecule has 0 aliphatic heterocycles. The lowest BCUT2D eigenvalue weighted by atomic mass is 10.1. The molecule has 33 heavy (non-hydrogen) atoms. The molecule has 0 saturated heterocycles. The summed E-state index contributed by atoms with van der Waals surface area (Å²) < 4.78 is 2.32. The summed E-state index contributed by atoms with van der Waals surface area (Å²) in [5, 5.41) is 12.4. The molecule has 170 valence electrons. The molecule has 1 N–H and O–H groups in total. The SMILES string of the molecule is CCc1nnc(NC(=O)CSc2nc(-c3cccc(C)c3)nc3c2c(=O)n(C)c(=O)n3C)s1. The number of nitrogens with one attached hydrogen (secondary N) is 1. The van der Waals surface area contributed by atoms with E-state index in [1.54, 1.807) is 7.05 Å². The first-order valence-electron chi connectivity index (χ1n) is 10.1. The van der Waals surface area contributed by atoms with Crippen molar-refractivity contribution in [2.75, 3.05) is 11.1 Å². The van der Waals surface area contributed by atoms with E-state index in [-0.39, 0.29) is 22.7 Å². The van der Waals surface area contributed by atoms with Crippen molar-refractivity contribution < 1.29 is 4.79 Å².